The summed E-state index contributed by atoms with van der Waals surface area (Å²) in [6.07, 6.45) is -0.0421. The Morgan fingerprint density at radius 2 is 1.60 bits per heavy atom. The molecule has 1 unspecified atom stereocenters. The molecule has 0 saturated carbocycles. The van der Waals surface area contributed by atoms with Gasteiger partial charge in [-0.3, -0.25) is 0 Å². The molecule has 0 aliphatic rings. The van der Waals surface area contributed by atoms with E-state index in [9.17, 15) is 4.79 Å². The number of esters is 1. The fourth-order valence-electron chi connectivity index (χ4n) is 1.90. The number of hydrogen-bond acceptors (Lipinski definition) is 3. The Labute approximate surface area is 119 Å². The van der Waals surface area contributed by atoms with E-state index in [0.29, 0.717) is 5.56 Å². The SMILES string of the molecule is COC(=O)c1ccc(OC(C)c2ccc(C)cc2)cc1. The van der Waals surface area contributed by atoms with E-state index in [4.69, 9.17) is 4.74 Å². The van der Waals surface area contributed by atoms with Gasteiger partial charge in [0, 0.05) is 0 Å². The average molecular weight is 270 g/mol. The quantitative estimate of drug-likeness (QED) is 0.790. The first-order chi connectivity index (χ1) is 9.60. The monoisotopic (exact) mass is 270 g/mol. The van der Waals surface area contributed by atoms with Crippen LogP contribution in [0.2, 0.25) is 0 Å². The van der Waals surface area contributed by atoms with Crippen LogP contribution in [0, 0.1) is 6.92 Å². The summed E-state index contributed by atoms with van der Waals surface area (Å²) in [5.41, 5.74) is 2.86. The Kier molecular flexibility index (Phi) is 4.41. The van der Waals surface area contributed by atoms with E-state index in [2.05, 4.69) is 35.9 Å². The van der Waals surface area contributed by atoms with Crippen LogP contribution >= 0.6 is 0 Å². The zero-order chi connectivity index (χ0) is 14.5. The van der Waals surface area contributed by atoms with E-state index in [1.165, 1.54) is 12.7 Å². The average Bonchev–Trinajstić information content (AvgIpc) is 2.48. The number of methoxy groups -OCH3 is 1. The van der Waals surface area contributed by atoms with Crippen molar-refractivity contribution >= 4 is 5.97 Å². The Balaban J connectivity index is 2.06. The fraction of sp³-hybridized carbons (Fsp3) is 0.235. The lowest BCUT2D eigenvalue weighted by atomic mass is 10.1. The van der Waals surface area contributed by atoms with E-state index in [1.54, 1.807) is 24.3 Å². The van der Waals surface area contributed by atoms with Crippen LogP contribution in [0.15, 0.2) is 48.5 Å². The summed E-state index contributed by atoms with van der Waals surface area (Å²) in [6, 6.07) is 15.2. The van der Waals surface area contributed by atoms with Crippen molar-refractivity contribution in [2.24, 2.45) is 0 Å². The first kappa shape index (κ1) is 14.1. The molecule has 0 bridgehead atoms. The molecule has 0 spiro atoms. The summed E-state index contributed by atoms with van der Waals surface area (Å²) < 4.78 is 10.5. The summed E-state index contributed by atoms with van der Waals surface area (Å²) in [7, 11) is 1.37. The maximum atomic E-state index is 11.3. The third-order valence-electron chi connectivity index (χ3n) is 3.14. The number of hydrogen-bond donors (Lipinski definition) is 0. The summed E-state index contributed by atoms with van der Waals surface area (Å²) >= 11 is 0. The smallest absolute Gasteiger partial charge is 0.337 e. The van der Waals surface area contributed by atoms with Gasteiger partial charge < -0.3 is 9.47 Å². The minimum absolute atomic E-state index is 0.0421. The fourth-order valence-corrected chi connectivity index (χ4v) is 1.90. The van der Waals surface area contributed by atoms with Gasteiger partial charge in [-0.25, -0.2) is 4.79 Å². The Morgan fingerprint density at radius 1 is 1.00 bits per heavy atom. The van der Waals surface area contributed by atoms with Crippen molar-refractivity contribution in [3.8, 4) is 5.75 Å². The van der Waals surface area contributed by atoms with Gasteiger partial charge in [-0.05, 0) is 43.7 Å². The van der Waals surface area contributed by atoms with Gasteiger partial charge in [0.15, 0.2) is 0 Å². The molecule has 0 fully saturated rings. The standard InChI is InChI=1S/C17H18O3/c1-12-4-6-14(7-5-12)13(2)20-16-10-8-15(9-11-16)17(18)19-3/h4-11,13H,1-3H3. The van der Waals surface area contributed by atoms with Crippen molar-refractivity contribution in [3.63, 3.8) is 0 Å². The normalized spacial score (nSPS) is 11.8. The lowest BCUT2D eigenvalue weighted by molar-refractivity contribution is 0.0600. The van der Waals surface area contributed by atoms with E-state index in [0.717, 1.165) is 11.3 Å². The molecule has 0 radical (unpaired) electrons. The lowest BCUT2D eigenvalue weighted by Crippen LogP contribution is -2.04. The van der Waals surface area contributed by atoms with E-state index in [1.807, 2.05) is 6.92 Å². The minimum atomic E-state index is -0.344. The van der Waals surface area contributed by atoms with Crippen LogP contribution < -0.4 is 4.74 Å². The van der Waals surface area contributed by atoms with Gasteiger partial charge in [-0.2, -0.15) is 0 Å². The molecule has 0 N–H and O–H groups in total. The zero-order valence-corrected chi connectivity index (χ0v) is 11.9. The van der Waals surface area contributed by atoms with Gasteiger partial charge in [0.05, 0.1) is 12.7 Å². The molecule has 2 aromatic rings. The molecular formula is C17H18O3. The molecule has 20 heavy (non-hydrogen) atoms. The van der Waals surface area contributed by atoms with Crippen molar-refractivity contribution < 1.29 is 14.3 Å². The van der Waals surface area contributed by atoms with Crippen LogP contribution in [-0.2, 0) is 4.74 Å². The van der Waals surface area contributed by atoms with Crippen LogP contribution in [0.25, 0.3) is 0 Å². The third kappa shape index (κ3) is 3.38. The number of benzene rings is 2. The molecule has 0 aliphatic carbocycles. The highest BCUT2D eigenvalue weighted by atomic mass is 16.5. The van der Waals surface area contributed by atoms with Crippen LogP contribution in [0.5, 0.6) is 5.75 Å². The number of carbonyl (C=O) groups excluding carboxylic acids is 1. The number of ether oxygens (including phenoxy) is 2. The highest BCUT2D eigenvalue weighted by molar-refractivity contribution is 5.89. The van der Waals surface area contributed by atoms with Gasteiger partial charge in [-0.15, -0.1) is 0 Å². The molecule has 3 nitrogen and oxygen atoms in total. The van der Waals surface area contributed by atoms with Gasteiger partial charge in [-0.1, -0.05) is 29.8 Å². The Bertz CT molecular complexity index is 570. The first-order valence-electron chi connectivity index (χ1n) is 6.52. The third-order valence-corrected chi connectivity index (χ3v) is 3.14. The second kappa shape index (κ2) is 6.24. The molecule has 0 aromatic heterocycles. The number of rotatable bonds is 4. The Hall–Kier alpha value is -2.29. The molecule has 0 saturated heterocycles. The predicted octanol–water partition coefficient (Wildman–Crippen LogP) is 3.92. The van der Waals surface area contributed by atoms with Crippen molar-refractivity contribution in [3.05, 3.63) is 65.2 Å². The van der Waals surface area contributed by atoms with Crippen LogP contribution in [0.4, 0.5) is 0 Å². The molecule has 0 amide bonds. The van der Waals surface area contributed by atoms with Crippen LogP contribution in [0.3, 0.4) is 0 Å². The molecule has 0 heterocycles. The lowest BCUT2D eigenvalue weighted by Gasteiger charge is -2.15. The minimum Gasteiger partial charge on any atom is -0.486 e. The number of aryl methyl sites for hydroxylation is 1. The van der Waals surface area contributed by atoms with Crippen molar-refractivity contribution in [2.75, 3.05) is 7.11 Å². The molecule has 3 heteroatoms. The summed E-state index contributed by atoms with van der Waals surface area (Å²) in [5, 5.41) is 0. The zero-order valence-electron chi connectivity index (χ0n) is 11.9. The molecule has 104 valence electrons. The van der Waals surface area contributed by atoms with E-state index < -0.39 is 0 Å². The predicted molar refractivity (Wildman–Crippen MR) is 78.0 cm³/mol. The van der Waals surface area contributed by atoms with Gasteiger partial charge in [0.25, 0.3) is 0 Å². The topological polar surface area (TPSA) is 35.5 Å². The molecule has 2 rings (SSSR count). The van der Waals surface area contributed by atoms with Gasteiger partial charge >= 0.3 is 5.97 Å². The molecule has 1 atom stereocenters. The summed E-state index contributed by atoms with van der Waals surface area (Å²) in [6.45, 7) is 4.06. The van der Waals surface area contributed by atoms with Crippen LogP contribution in [-0.4, -0.2) is 13.1 Å². The summed E-state index contributed by atoms with van der Waals surface area (Å²) in [4.78, 5) is 11.3. The summed E-state index contributed by atoms with van der Waals surface area (Å²) in [5.74, 6) is 0.383. The van der Waals surface area contributed by atoms with Gasteiger partial charge in [0.1, 0.15) is 11.9 Å². The largest absolute Gasteiger partial charge is 0.486 e. The van der Waals surface area contributed by atoms with Crippen molar-refractivity contribution in [1.29, 1.82) is 0 Å². The first-order valence-corrected chi connectivity index (χ1v) is 6.52. The Morgan fingerprint density at radius 3 is 2.15 bits per heavy atom. The van der Waals surface area contributed by atoms with E-state index >= 15 is 0 Å². The second-order valence-electron chi connectivity index (χ2n) is 4.69. The highest BCUT2D eigenvalue weighted by Crippen LogP contribution is 2.22. The van der Waals surface area contributed by atoms with E-state index in [-0.39, 0.29) is 12.1 Å². The highest BCUT2D eigenvalue weighted by Gasteiger charge is 2.09. The van der Waals surface area contributed by atoms with Gasteiger partial charge in [0.2, 0.25) is 0 Å². The van der Waals surface area contributed by atoms with Crippen molar-refractivity contribution in [2.45, 2.75) is 20.0 Å². The maximum absolute atomic E-state index is 11.3. The molecular weight excluding hydrogens is 252 g/mol. The van der Waals surface area contributed by atoms with Crippen molar-refractivity contribution in [1.82, 2.24) is 0 Å². The molecule has 0 aliphatic heterocycles. The maximum Gasteiger partial charge on any atom is 0.337 e. The molecule has 2 aromatic carbocycles. The van der Waals surface area contributed by atoms with Crippen LogP contribution in [0.1, 0.15) is 34.5 Å². The second-order valence-corrected chi connectivity index (χ2v) is 4.69. The number of carbonyl (C=O) groups is 1.